The van der Waals surface area contributed by atoms with Gasteiger partial charge in [0.1, 0.15) is 12.9 Å². The maximum absolute atomic E-state index is 9.43. The van der Waals surface area contributed by atoms with E-state index in [-0.39, 0.29) is 5.75 Å². The second-order valence-electron chi connectivity index (χ2n) is 2.09. The summed E-state index contributed by atoms with van der Waals surface area (Å²) in [5.41, 5.74) is 0.617. The molecule has 0 fully saturated rings. The predicted octanol–water partition coefficient (Wildman–Crippen LogP) is 2.14. The van der Waals surface area contributed by atoms with Crippen LogP contribution in [0, 0.1) is 0 Å². The number of para-hydroxylation sites is 1. The summed E-state index contributed by atoms with van der Waals surface area (Å²) in [5, 5.41) is 13.0. The third-order valence-electron chi connectivity index (χ3n) is 1.32. The maximum Gasteiger partial charge on any atom is 0.138 e. The molecule has 0 heterocycles. The molecule has 0 bridgehead atoms. The summed E-state index contributed by atoms with van der Waals surface area (Å²) in [5.74, 6) is 0.165. The van der Waals surface area contributed by atoms with Gasteiger partial charge in [-0.25, -0.2) is 0 Å². The Morgan fingerprint density at radius 2 is 2.33 bits per heavy atom. The lowest BCUT2D eigenvalue weighted by Crippen LogP contribution is -1.83. The second-order valence-corrected chi connectivity index (χ2v) is 2.95. The van der Waals surface area contributed by atoms with Gasteiger partial charge in [-0.15, -0.1) is 0 Å². The summed E-state index contributed by atoms with van der Waals surface area (Å²) >= 11 is 3.19. The van der Waals surface area contributed by atoms with E-state index in [2.05, 4.69) is 25.9 Å². The Hall–Kier alpha value is -1.03. The van der Waals surface area contributed by atoms with Crippen LogP contribution in [0.5, 0.6) is 5.75 Å². The van der Waals surface area contributed by atoms with Crippen LogP contribution in [0.4, 0.5) is 0 Å². The van der Waals surface area contributed by atoms with Crippen LogP contribution in [0.15, 0.2) is 27.8 Å². The van der Waals surface area contributed by atoms with E-state index in [1.54, 1.807) is 18.2 Å². The molecule has 1 aromatic carbocycles. The number of nitrogens with zero attached hydrogens (tertiary/aromatic N) is 1. The van der Waals surface area contributed by atoms with Gasteiger partial charge < -0.3 is 9.94 Å². The zero-order valence-corrected chi connectivity index (χ0v) is 8.08. The van der Waals surface area contributed by atoms with E-state index >= 15 is 0 Å². The fraction of sp³-hybridized carbons (Fsp3) is 0.125. The van der Waals surface area contributed by atoms with Crippen molar-refractivity contribution in [2.24, 2.45) is 5.16 Å². The summed E-state index contributed by atoms with van der Waals surface area (Å²) in [6.07, 6.45) is 1.44. The molecule has 0 radical (unpaired) electrons. The molecule has 0 amide bonds. The Bertz CT molecular complexity index is 299. The molecular weight excluding hydrogens is 222 g/mol. The normalized spacial score (nSPS) is 10.5. The van der Waals surface area contributed by atoms with E-state index in [1.165, 1.54) is 13.3 Å². The van der Waals surface area contributed by atoms with E-state index < -0.39 is 0 Å². The number of benzene rings is 1. The first-order valence-corrected chi connectivity index (χ1v) is 4.09. The van der Waals surface area contributed by atoms with Gasteiger partial charge >= 0.3 is 0 Å². The monoisotopic (exact) mass is 229 g/mol. The van der Waals surface area contributed by atoms with Gasteiger partial charge in [-0.2, -0.15) is 0 Å². The standard InChI is InChI=1S/C8H8BrNO2/c1-12-10-5-6-3-2-4-7(9)8(6)11/h2-5,11H,1H3/b10-5+. The van der Waals surface area contributed by atoms with E-state index in [1.807, 2.05) is 0 Å². The average Bonchev–Trinajstić information content (AvgIpc) is 2.08. The zero-order valence-electron chi connectivity index (χ0n) is 6.49. The minimum absolute atomic E-state index is 0.165. The molecule has 4 heteroatoms. The number of phenols is 1. The molecule has 0 aliphatic rings. The third kappa shape index (κ3) is 1.98. The van der Waals surface area contributed by atoms with Gasteiger partial charge in [0.05, 0.1) is 10.7 Å². The second kappa shape index (κ2) is 4.11. The van der Waals surface area contributed by atoms with Gasteiger partial charge in [0.15, 0.2) is 0 Å². The highest BCUT2D eigenvalue weighted by Gasteiger charge is 2.00. The molecule has 1 N–H and O–H groups in total. The zero-order chi connectivity index (χ0) is 8.97. The molecule has 0 atom stereocenters. The van der Waals surface area contributed by atoms with Gasteiger partial charge in [0.25, 0.3) is 0 Å². The number of halogens is 1. The van der Waals surface area contributed by atoms with E-state index in [0.29, 0.717) is 10.0 Å². The molecule has 0 unspecified atom stereocenters. The number of phenolic OH excluding ortho intramolecular Hbond substituents is 1. The number of rotatable bonds is 2. The molecule has 3 nitrogen and oxygen atoms in total. The Labute approximate surface area is 78.8 Å². The maximum atomic E-state index is 9.43. The highest BCUT2D eigenvalue weighted by atomic mass is 79.9. The van der Waals surface area contributed by atoms with Crippen LogP contribution in [0.1, 0.15) is 5.56 Å². The predicted molar refractivity (Wildman–Crippen MR) is 50.4 cm³/mol. The van der Waals surface area contributed by atoms with Crippen molar-refractivity contribution in [2.75, 3.05) is 7.11 Å². The molecule has 0 spiro atoms. The quantitative estimate of drug-likeness (QED) is 0.624. The molecule has 0 saturated carbocycles. The van der Waals surface area contributed by atoms with Crippen LogP contribution in [0.2, 0.25) is 0 Å². The highest BCUT2D eigenvalue weighted by Crippen LogP contribution is 2.25. The summed E-state index contributed by atoms with van der Waals surface area (Å²) in [4.78, 5) is 4.48. The Morgan fingerprint density at radius 1 is 1.58 bits per heavy atom. The summed E-state index contributed by atoms with van der Waals surface area (Å²) in [6.45, 7) is 0. The molecule has 0 saturated heterocycles. The SMILES string of the molecule is CO/N=C/c1cccc(Br)c1O. The molecule has 0 aromatic heterocycles. The Kier molecular flexibility index (Phi) is 3.10. The fourth-order valence-electron chi connectivity index (χ4n) is 0.746. The van der Waals surface area contributed by atoms with Gasteiger partial charge in [-0.05, 0) is 28.1 Å². The van der Waals surface area contributed by atoms with Crippen molar-refractivity contribution in [3.05, 3.63) is 28.2 Å². The highest BCUT2D eigenvalue weighted by molar-refractivity contribution is 9.10. The lowest BCUT2D eigenvalue weighted by atomic mass is 10.2. The van der Waals surface area contributed by atoms with Crippen LogP contribution < -0.4 is 0 Å². The van der Waals surface area contributed by atoms with Crippen molar-refractivity contribution in [2.45, 2.75) is 0 Å². The molecule has 0 aliphatic carbocycles. The Balaban J connectivity index is 3.00. The van der Waals surface area contributed by atoms with Crippen LogP contribution in [0.25, 0.3) is 0 Å². The van der Waals surface area contributed by atoms with Crippen LogP contribution in [0.3, 0.4) is 0 Å². The van der Waals surface area contributed by atoms with Crippen LogP contribution in [-0.4, -0.2) is 18.4 Å². The fourth-order valence-corrected chi connectivity index (χ4v) is 1.13. The van der Waals surface area contributed by atoms with E-state index in [4.69, 9.17) is 0 Å². The molecule has 64 valence electrons. The number of hydrogen-bond acceptors (Lipinski definition) is 3. The Morgan fingerprint density at radius 3 is 3.00 bits per heavy atom. The number of hydrogen-bond donors (Lipinski definition) is 1. The lowest BCUT2D eigenvalue weighted by Gasteiger charge is -1.99. The smallest absolute Gasteiger partial charge is 0.138 e. The van der Waals surface area contributed by atoms with E-state index in [9.17, 15) is 5.11 Å². The van der Waals surface area contributed by atoms with Crippen LogP contribution in [-0.2, 0) is 4.84 Å². The first-order valence-electron chi connectivity index (χ1n) is 3.29. The van der Waals surface area contributed by atoms with Crippen molar-refractivity contribution >= 4 is 22.1 Å². The van der Waals surface area contributed by atoms with Gasteiger partial charge in [0.2, 0.25) is 0 Å². The van der Waals surface area contributed by atoms with Crippen LogP contribution >= 0.6 is 15.9 Å². The summed E-state index contributed by atoms with van der Waals surface area (Å²) < 4.78 is 0.641. The molecule has 1 aromatic rings. The van der Waals surface area contributed by atoms with Crippen molar-refractivity contribution in [3.8, 4) is 5.75 Å². The van der Waals surface area contributed by atoms with Crippen molar-refractivity contribution in [1.82, 2.24) is 0 Å². The van der Waals surface area contributed by atoms with Gasteiger partial charge in [-0.1, -0.05) is 11.2 Å². The largest absolute Gasteiger partial charge is 0.506 e. The number of aromatic hydroxyl groups is 1. The minimum Gasteiger partial charge on any atom is -0.506 e. The minimum atomic E-state index is 0.165. The molecular formula is C8H8BrNO2. The van der Waals surface area contributed by atoms with Gasteiger partial charge in [0, 0.05) is 5.56 Å². The number of oxime groups is 1. The first kappa shape index (κ1) is 9.06. The topological polar surface area (TPSA) is 41.8 Å². The summed E-state index contributed by atoms with van der Waals surface area (Å²) in [7, 11) is 1.45. The average molecular weight is 230 g/mol. The van der Waals surface area contributed by atoms with Crippen molar-refractivity contribution in [1.29, 1.82) is 0 Å². The molecule has 12 heavy (non-hydrogen) atoms. The first-order chi connectivity index (χ1) is 5.75. The third-order valence-corrected chi connectivity index (χ3v) is 1.96. The summed E-state index contributed by atoms with van der Waals surface area (Å²) in [6, 6.07) is 5.29. The molecule has 0 aliphatic heterocycles. The van der Waals surface area contributed by atoms with E-state index in [0.717, 1.165) is 0 Å². The van der Waals surface area contributed by atoms with Crippen molar-refractivity contribution < 1.29 is 9.94 Å². The lowest BCUT2D eigenvalue weighted by molar-refractivity contribution is 0.215. The van der Waals surface area contributed by atoms with Crippen molar-refractivity contribution in [3.63, 3.8) is 0 Å². The van der Waals surface area contributed by atoms with Gasteiger partial charge in [-0.3, -0.25) is 0 Å². The molecule has 1 rings (SSSR count).